The van der Waals surface area contributed by atoms with Crippen molar-refractivity contribution in [2.24, 2.45) is 10.8 Å². The average molecular weight is 217 g/mol. The molecule has 0 saturated carbocycles. The fourth-order valence-electron chi connectivity index (χ4n) is 0.751. The molecule has 1 aromatic rings. The monoisotopic (exact) mass is 216 g/mol. The molecule has 0 aromatic heterocycles. The van der Waals surface area contributed by atoms with Crippen LogP contribution in [0.1, 0.15) is 5.56 Å². The number of halogens is 2. The van der Waals surface area contributed by atoms with Crippen molar-refractivity contribution in [2.75, 3.05) is 0 Å². The van der Waals surface area contributed by atoms with Crippen molar-refractivity contribution in [1.82, 2.24) is 5.43 Å². The molecule has 0 aliphatic carbocycles. The van der Waals surface area contributed by atoms with Crippen LogP contribution >= 0.6 is 12.4 Å². The summed E-state index contributed by atoms with van der Waals surface area (Å²) in [7, 11) is 0. The maximum Gasteiger partial charge on any atom is 0.206 e. The van der Waals surface area contributed by atoms with Gasteiger partial charge in [-0.3, -0.25) is 5.41 Å². The molecule has 0 heterocycles. The van der Waals surface area contributed by atoms with E-state index < -0.39 is 0 Å². The lowest BCUT2D eigenvalue weighted by atomic mass is 10.2. The summed E-state index contributed by atoms with van der Waals surface area (Å²) in [6.45, 7) is 0. The number of nitrogens with one attached hydrogen (secondary N) is 2. The Kier molecular flexibility index (Phi) is 5.24. The zero-order valence-electron chi connectivity index (χ0n) is 7.20. The van der Waals surface area contributed by atoms with Gasteiger partial charge in [-0.2, -0.15) is 5.10 Å². The molecule has 4 nitrogen and oxygen atoms in total. The Hall–Kier alpha value is -1.62. The third kappa shape index (κ3) is 3.86. The molecular formula is C8H10ClFN4. The second kappa shape index (κ2) is 5.93. The molecule has 0 radical (unpaired) electrons. The quantitative estimate of drug-likeness (QED) is 0.393. The SMILES string of the molecule is Cl.N=C(N)N/N=C/c1ccccc1F. The van der Waals surface area contributed by atoms with Crippen molar-refractivity contribution in [3.63, 3.8) is 0 Å². The van der Waals surface area contributed by atoms with Crippen LogP contribution in [0.5, 0.6) is 0 Å². The Balaban J connectivity index is 0.00000169. The third-order valence-corrected chi connectivity index (χ3v) is 1.29. The molecule has 4 N–H and O–H groups in total. The van der Waals surface area contributed by atoms with E-state index in [0.29, 0.717) is 5.56 Å². The first kappa shape index (κ1) is 12.4. The van der Waals surface area contributed by atoms with E-state index in [0.717, 1.165) is 0 Å². The van der Waals surface area contributed by atoms with Crippen LogP contribution in [-0.4, -0.2) is 12.2 Å². The van der Waals surface area contributed by atoms with Crippen LogP contribution in [0, 0.1) is 11.2 Å². The minimum absolute atomic E-state index is 0. The van der Waals surface area contributed by atoms with Crippen molar-refractivity contribution in [3.8, 4) is 0 Å². The van der Waals surface area contributed by atoms with Gasteiger partial charge in [0.05, 0.1) is 6.21 Å². The molecule has 0 fully saturated rings. The molecule has 0 amide bonds. The molecule has 0 saturated heterocycles. The predicted molar refractivity (Wildman–Crippen MR) is 56.3 cm³/mol. The maximum atomic E-state index is 12.9. The molecule has 0 bridgehead atoms. The van der Waals surface area contributed by atoms with Gasteiger partial charge in [0.15, 0.2) is 0 Å². The van der Waals surface area contributed by atoms with E-state index in [1.165, 1.54) is 12.3 Å². The number of hydrazone groups is 1. The van der Waals surface area contributed by atoms with E-state index >= 15 is 0 Å². The molecule has 0 atom stereocenters. The normalized spacial score (nSPS) is 9.50. The second-order valence-corrected chi connectivity index (χ2v) is 2.31. The summed E-state index contributed by atoms with van der Waals surface area (Å²) in [5, 5.41) is 10.3. The largest absolute Gasteiger partial charge is 0.369 e. The molecule has 76 valence electrons. The molecule has 0 spiro atoms. The van der Waals surface area contributed by atoms with E-state index in [2.05, 4.69) is 10.5 Å². The van der Waals surface area contributed by atoms with E-state index in [-0.39, 0.29) is 24.2 Å². The van der Waals surface area contributed by atoms with E-state index in [9.17, 15) is 4.39 Å². The van der Waals surface area contributed by atoms with Crippen molar-refractivity contribution in [1.29, 1.82) is 5.41 Å². The molecule has 6 heteroatoms. The van der Waals surface area contributed by atoms with Crippen LogP contribution < -0.4 is 11.2 Å². The highest BCUT2D eigenvalue weighted by Crippen LogP contribution is 2.02. The fourth-order valence-corrected chi connectivity index (χ4v) is 0.751. The number of rotatable bonds is 2. The summed E-state index contributed by atoms with van der Waals surface area (Å²) >= 11 is 0. The van der Waals surface area contributed by atoms with E-state index in [1.807, 2.05) is 0 Å². The second-order valence-electron chi connectivity index (χ2n) is 2.31. The molecule has 14 heavy (non-hydrogen) atoms. The highest BCUT2D eigenvalue weighted by molar-refractivity contribution is 5.85. The number of hydrogen-bond donors (Lipinski definition) is 3. The van der Waals surface area contributed by atoms with Crippen LogP contribution in [-0.2, 0) is 0 Å². The Morgan fingerprint density at radius 2 is 2.14 bits per heavy atom. The Labute approximate surface area is 86.9 Å². The zero-order valence-corrected chi connectivity index (χ0v) is 8.01. The Bertz CT molecular complexity index is 340. The summed E-state index contributed by atoms with van der Waals surface area (Å²) in [6.07, 6.45) is 1.26. The molecule has 0 aliphatic rings. The number of nitrogens with zero attached hydrogens (tertiary/aromatic N) is 1. The first-order valence-corrected chi connectivity index (χ1v) is 3.58. The minimum Gasteiger partial charge on any atom is -0.369 e. The third-order valence-electron chi connectivity index (χ3n) is 1.29. The maximum absolute atomic E-state index is 12.9. The van der Waals surface area contributed by atoms with Crippen molar-refractivity contribution in [3.05, 3.63) is 35.6 Å². The molecular weight excluding hydrogens is 207 g/mol. The van der Waals surface area contributed by atoms with Gasteiger partial charge >= 0.3 is 0 Å². The first-order valence-electron chi connectivity index (χ1n) is 3.58. The Morgan fingerprint density at radius 3 is 2.71 bits per heavy atom. The summed E-state index contributed by atoms with van der Waals surface area (Å²) in [5.41, 5.74) is 7.49. The zero-order chi connectivity index (χ0) is 9.68. The van der Waals surface area contributed by atoms with Gasteiger partial charge in [-0.05, 0) is 6.07 Å². The smallest absolute Gasteiger partial charge is 0.206 e. The fraction of sp³-hybridized carbons (Fsp3) is 0. The summed E-state index contributed by atoms with van der Waals surface area (Å²) < 4.78 is 12.9. The number of nitrogens with two attached hydrogens (primary N) is 1. The Morgan fingerprint density at radius 1 is 1.50 bits per heavy atom. The van der Waals surface area contributed by atoms with Gasteiger partial charge in [-0.25, -0.2) is 9.82 Å². The highest BCUT2D eigenvalue weighted by atomic mass is 35.5. The van der Waals surface area contributed by atoms with Gasteiger partial charge in [-0.1, -0.05) is 18.2 Å². The lowest BCUT2D eigenvalue weighted by Crippen LogP contribution is -2.25. The molecule has 1 rings (SSSR count). The van der Waals surface area contributed by atoms with Crippen LogP contribution in [0.3, 0.4) is 0 Å². The lowest BCUT2D eigenvalue weighted by molar-refractivity contribution is 0.626. The minimum atomic E-state index is -0.364. The number of hydrogen-bond acceptors (Lipinski definition) is 2. The van der Waals surface area contributed by atoms with Gasteiger partial charge in [0.1, 0.15) is 5.82 Å². The van der Waals surface area contributed by atoms with Gasteiger partial charge < -0.3 is 5.73 Å². The van der Waals surface area contributed by atoms with Gasteiger partial charge in [0.2, 0.25) is 5.96 Å². The topological polar surface area (TPSA) is 74.3 Å². The summed E-state index contributed by atoms with van der Waals surface area (Å²) in [4.78, 5) is 0. The lowest BCUT2D eigenvalue weighted by Gasteiger charge is -1.95. The van der Waals surface area contributed by atoms with Crippen molar-refractivity contribution in [2.45, 2.75) is 0 Å². The van der Waals surface area contributed by atoms with E-state index in [4.69, 9.17) is 11.1 Å². The molecule has 0 aliphatic heterocycles. The number of guanidine groups is 1. The predicted octanol–water partition coefficient (Wildman–Crippen LogP) is 1.06. The number of benzene rings is 1. The van der Waals surface area contributed by atoms with Crippen LogP contribution in [0.2, 0.25) is 0 Å². The summed E-state index contributed by atoms with van der Waals surface area (Å²) in [6, 6.07) is 6.18. The average Bonchev–Trinajstić information content (AvgIpc) is 2.08. The van der Waals surface area contributed by atoms with Crippen LogP contribution in [0.15, 0.2) is 29.4 Å². The molecule has 1 aromatic carbocycles. The van der Waals surface area contributed by atoms with Crippen LogP contribution in [0.4, 0.5) is 4.39 Å². The summed E-state index contributed by atoms with van der Waals surface area (Å²) in [5.74, 6) is -0.649. The van der Waals surface area contributed by atoms with Crippen molar-refractivity contribution >= 4 is 24.6 Å². The first-order chi connectivity index (χ1) is 6.20. The standard InChI is InChI=1S/C8H9FN4.ClH/c9-7-4-2-1-3-6(7)5-12-13-8(10)11;/h1-5H,(H4,10,11,13);1H/b12-5+;. The van der Waals surface area contributed by atoms with Crippen molar-refractivity contribution < 1.29 is 4.39 Å². The van der Waals surface area contributed by atoms with Crippen LogP contribution in [0.25, 0.3) is 0 Å². The van der Waals surface area contributed by atoms with E-state index in [1.54, 1.807) is 18.2 Å². The van der Waals surface area contributed by atoms with Gasteiger partial charge in [0, 0.05) is 5.56 Å². The molecule has 0 unspecified atom stereocenters. The van der Waals surface area contributed by atoms with Gasteiger partial charge in [-0.15, -0.1) is 12.4 Å². The van der Waals surface area contributed by atoms with Gasteiger partial charge in [0.25, 0.3) is 0 Å². The highest BCUT2D eigenvalue weighted by Gasteiger charge is 1.94.